The molecule has 0 amide bonds. The molecule has 2 nitrogen and oxygen atoms in total. The summed E-state index contributed by atoms with van der Waals surface area (Å²) >= 11 is 5.79. The highest BCUT2D eigenvalue weighted by Gasteiger charge is 2.05. The molecule has 1 rings (SSSR count). The number of hydrogen-bond donors (Lipinski definition) is 0. The standard InChI is InChI=1S/C9H12ClNO/c1-3-12-7(2)9-6-8(10)4-5-11-9/h4-7H,3H2,1-2H3. The van der Waals surface area contributed by atoms with E-state index >= 15 is 0 Å². The minimum absolute atomic E-state index is 0.0219. The summed E-state index contributed by atoms with van der Waals surface area (Å²) in [6.07, 6.45) is 1.71. The third kappa shape index (κ3) is 2.47. The van der Waals surface area contributed by atoms with Gasteiger partial charge in [0.1, 0.15) is 0 Å². The van der Waals surface area contributed by atoms with Gasteiger partial charge in [0.25, 0.3) is 0 Å². The molecule has 1 atom stereocenters. The van der Waals surface area contributed by atoms with Crippen molar-refractivity contribution in [1.82, 2.24) is 4.98 Å². The molecule has 0 aliphatic heterocycles. The summed E-state index contributed by atoms with van der Waals surface area (Å²) in [5.74, 6) is 0. The average molecular weight is 186 g/mol. The minimum atomic E-state index is 0.0219. The van der Waals surface area contributed by atoms with Crippen LogP contribution in [0.25, 0.3) is 0 Å². The molecular formula is C9H12ClNO. The van der Waals surface area contributed by atoms with E-state index in [4.69, 9.17) is 16.3 Å². The van der Waals surface area contributed by atoms with Crippen molar-refractivity contribution < 1.29 is 4.74 Å². The van der Waals surface area contributed by atoms with Crippen molar-refractivity contribution in [2.24, 2.45) is 0 Å². The lowest BCUT2D eigenvalue weighted by Gasteiger charge is -2.10. The first kappa shape index (κ1) is 9.49. The number of aromatic nitrogens is 1. The monoisotopic (exact) mass is 185 g/mol. The lowest BCUT2D eigenvalue weighted by atomic mass is 10.2. The van der Waals surface area contributed by atoms with Gasteiger partial charge in [0.05, 0.1) is 11.8 Å². The van der Waals surface area contributed by atoms with Crippen LogP contribution in [0.1, 0.15) is 25.6 Å². The normalized spacial score (nSPS) is 12.9. The summed E-state index contributed by atoms with van der Waals surface area (Å²) in [6.45, 7) is 4.61. The Morgan fingerprint density at radius 3 is 3.00 bits per heavy atom. The maximum atomic E-state index is 5.79. The van der Waals surface area contributed by atoms with Crippen LogP contribution in [0.5, 0.6) is 0 Å². The Balaban J connectivity index is 2.73. The Bertz CT molecular complexity index is 252. The van der Waals surface area contributed by atoms with E-state index in [1.54, 1.807) is 12.3 Å². The summed E-state index contributed by atoms with van der Waals surface area (Å²) in [5, 5.41) is 0.701. The Hall–Kier alpha value is -0.600. The van der Waals surface area contributed by atoms with Gasteiger partial charge in [-0.05, 0) is 26.0 Å². The first-order chi connectivity index (χ1) is 5.74. The molecular weight excluding hydrogens is 174 g/mol. The summed E-state index contributed by atoms with van der Waals surface area (Å²) < 4.78 is 5.36. The topological polar surface area (TPSA) is 22.1 Å². The number of hydrogen-bond acceptors (Lipinski definition) is 2. The second kappa shape index (κ2) is 4.43. The molecule has 1 aromatic heterocycles. The van der Waals surface area contributed by atoms with Gasteiger partial charge in [0, 0.05) is 17.8 Å². The zero-order chi connectivity index (χ0) is 8.97. The van der Waals surface area contributed by atoms with Crippen molar-refractivity contribution in [2.75, 3.05) is 6.61 Å². The van der Waals surface area contributed by atoms with E-state index in [0.29, 0.717) is 11.6 Å². The highest BCUT2D eigenvalue weighted by Crippen LogP contribution is 2.17. The molecule has 0 N–H and O–H groups in total. The van der Waals surface area contributed by atoms with E-state index in [1.807, 2.05) is 19.9 Å². The Kier molecular flexibility index (Phi) is 3.50. The molecule has 0 fully saturated rings. The van der Waals surface area contributed by atoms with E-state index in [-0.39, 0.29) is 6.10 Å². The maximum absolute atomic E-state index is 5.79. The predicted octanol–water partition coefficient (Wildman–Crippen LogP) is 2.83. The van der Waals surface area contributed by atoms with Crippen molar-refractivity contribution >= 4 is 11.6 Å². The van der Waals surface area contributed by atoms with Gasteiger partial charge in [0.15, 0.2) is 0 Å². The second-order valence-electron chi connectivity index (χ2n) is 2.50. The fourth-order valence-electron chi connectivity index (χ4n) is 0.979. The Morgan fingerprint density at radius 1 is 1.67 bits per heavy atom. The van der Waals surface area contributed by atoms with E-state index in [9.17, 15) is 0 Å². The summed E-state index contributed by atoms with van der Waals surface area (Å²) in [7, 11) is 0. The van der Waals surface area contributed by atoms with Gasteiger partial charge < -0.3 is 4.74 Å². The van der Waals surface area contributed by atoms with Gasteiger partial charge in [-0.3, -0.25) is 4.98 Å². The number of ether oxygens (including phenoxy) is 1. The van der Waals surface area contributed by atoms with Crippen molar-refractivity contribution in [2.45, 2.75) is 20.0 Å². The molecule has 3 heteroatoms. The van der Waals surface area contributed by atoms with Crippen LogP contribution in [-0.4, -0.2) is 11.6 Å². The second-order valence-corrected chi connectivity index (χ2v) is 2.93. The molecule has 0 saturated carbocycles. The maximum Gasteiger partial charge on any atom is 0.0966 e. The molecule has 0 radical (unpaired) electrons. The molecule has 0 spiro atoms. The highest BCUT2D eigenvalue weighted by molar-refractivity contribution is 6.30. The fourth-order valence-corrected chi connectivity index (χ4v) is 1.15. The number of rotatable bonds is 3. The van der Waals surface area contributed by atoms with Gasteiger partial charge in [-0.2, -0.15) is 0 Å². The van der Waals surface area contributed by atoms with Gasteiger partial charge >= 0.3 is 0 Å². The SMILES string of the molecule is CCOC(C)c1cc(Cl)ccn1. The first-order valence-corrected chi connectivity index (χ1v) is 4.35. The van der Waals surface area contributed by atoms with Crippen LogP contribution in [0, 0.1) is 0 Å². The fraction of sp³-hybridized carbons (Fsp3) is 0.444. The lowest BCUT2D eigenvalue weighted by Crippen LogP contribution is -2.01. The third-order valence-corrected chi connectivity index (χ3v) is 1.81. The van der Waals surface area contributed by atoms with Crippen LogP contribution in [-0.2, 0) is 4.74 Å². The molecule has 0 aliphatic rings. The zero-order valence-electron chi connectivity index (χ0n) is 7.25. The number of halogens is 1. The van der Waals surface area contributed by atoms with Crippen molar-refractivity contribution in [3.63, 3.8) is 0 Å². The van der Waals surface area contributed by atoms with Crippen LogP contribution in [0.2, 0.25) is 5.02 Å². The average Bonchev–Trinajstić information content (AvgIpc) is 2.05. The highest BCUT2D eigenvalue weighted by atomic mass is 35.5. The lowest BCUT2D eigenvalue weighted by molar-refractivity contribution is 0.0734. The van der Waals surface area contributed by atoms with Crippen LogP contribution in [0.15, 0.2) is 18.3 Å². The van der Waals surface area contributed by atoms with Gasteiger partial charge in [-0.1, -0.05) is 11.6 Å². The molecule has 0 aliphatic carbocycles. The minimum Gasteiger partial charge on any atom is -0.372 e. The third-order valence-electron chi connectivity index (χ3n) is 1.58. The molecule has 1 aromatic rings. The van der Waals surface area contributed by atoms with E-state index in [2.05, 4.69) is 4.98 Å². The number of pyridine rings is 1. The smallest absolute Gasteiger partial charge is 0.0966 e. The van der Waals surface area contributed by atoms with Crippen molar-refractivity contribution in [3.8, 4) is 0 Å². The van der Waals surface area contributed by atoms with Crippen LogP contribution in [0.4, 0.5) is 0 Å². The summed E-state index contributed by atoms with van der Waals surface area (Å²) in [5.41, 5.74) is 0.879. The molecule has 1 heterocycles. The van der Waals surface area contributed by atoms with Gasteiger partial charge in [-0.15, -0.1) is 0 Å². The van der Waals surface area contributed by atoms with E-state index < -0.39 is 0 Å². The van der Waals surface area contributed by atoms with Gasteiger partial charge in [0.2, 0.25) is 0 Å². The van der Waals surface area contributed by atoms with E-state index in [1.165, 1.54) is 0 Å². The molecule has 0 aromatic carbocycles. The largest absolute Gasteiger partial charge is 0.372 e. The van der Waals surface area contributed by atoms with Crippen molar-refractivity contribution in [1.29, 1.82) is 0 Å². The van der Waals surface area contributed by atoms with E-state index in [0.717, 1.165) is 5.69 Å². The molecule has 12 heavy (non-hydrogen) atoms. The Labute approximate surface area is 77.5 Å². The molecule has 66 valence electrons. The van der Waals surface area contributed by atoms with Crippen LogP contribution < -0.4 is 0 Å². The summed E-state index contributed by atoms with van der Waals surface area (Å²) in [4.78, 5) is 4.15. The molecule has 1 unspecified atom stereocenters. The predicted molar refractivity (Wildman–Crippen MR) is 49.3 cm³/mol. The number of nitrogens with zero attached hydrogens (tertiary/aromatic N) is 1. The molecule has 0 saturated heterocycles. The molecule has 0 bridgehead atoms. The first-order valence-electron chi connectivity index (χ1n) is 3.97. The zero-order valence-corrected chi connectivity index (χ0v) is 8.01. The van der Waals surface area contributed by atoms with Crippen molar-refractivity contribution in [3.05, 3.63) is 29.0 Å². The van der Waals surface area contributed by atoms with Gasteiger partial charge in [-0.25, -0.2) is 0 Å². The van der Waals surface area contributed by atoms with Crippen LogP contribution >= 0.6 is 11.6 Å². The Morgan fingerprint density at radius 2 is 2.42 bits per heavy atom. The summed E-state index contributed by atoms with van der Waals surface area (Å²) in [6, 6.07) is 3.58. The quantitative estimate of drug-likeness (QED) is 0.723. The van der Waals surface area contributed by atoms with Crippen LogP contribution in [0.3, 0.4) is 0 Å².